The molecule has 0 aliphatic rings. The van der Waals surface area contributed by atoms with Crippen LogP contribution in [0.4, 0.5) is 4.79 Å². The second-order valence-electron chi connectivity index (χ2n) is 4.64. The number of unbranched alkanes of at least 4 members (excludes halogenated alkanes) is 4. The Labute approximate surface area is 122 Å². The molecule has 2 unspecified atom stereocenters. The van der Waals surface area contributed by atoms with E-state index >= 15 is 0 Å². The van der Waals surface area contributed by atoms with Gasteiger partial charge < -0.3 is 5.11 Å². The molecule has 0 radical (unpaired) electrons. The summed E-state index contributed by atoms with van der Waals surface area (Å²) in [6.45, 7) is 4.27. The molecular formula is C13H27NO2S2. The van der Waals surface area contributed by atoms with Gasteiger partial charge in [-0.05, 0) is 12.8 Å². The number of carboxylic acid groups (broad SMARTS) is 1. The summed E-state index contributed by atoms with van der Waals surface area (Å²) in [5, 5.41) is 8.78. The minimum atomic E-state index is -0.914. The molecule has 3 nitrogen and oxygen atoms in total. The van der Waals surface area contributed by atoms with Gasteiger partial charge in [-0.1, -0.05) is 52.4 Å². The summed E-state index contributed by atoms with van der Waals surface area (Å²) in [4.78, 5) is 12.7. The summed E-state index contributed by atoms with van der Waals surface area (Å²) < 4.78 is 0. The molecule has 18 heavy (non-hydrogen) atoms. The molecule has 0 saturated heterocycles. The first-order valence-corrected chi connectivity index (χ1v) is 7.95. The van der Waals surface area contributed by atoms with Crippen LogP contribution in [-0.2, 0) is 0 Å². The molecule has 0 aliphatic heterocycles. The van der Waals surface area contributed by atoms with Gasteiger partial charge in [0.05, 0.1) is 10.7 Å². The van der Waals surface area contributed by atoms with Crippen LogP contribution >= 0.6 is 25.3 Å². The van der Waals surface area contributed by atoms with Gasteiger partial charge in [0.2, 0.25) is 0 Å². The Morgan fingerprint density at radius 2 is 1.39 bits per heavy atom. The van der Waals surface area contributed by atoms with Gasteiger partial charge in [0.25, 0.3) is 0 Å². The Balaban J connectivity index is 4.21. The second-order valence-corrected chi connectivity index (χ2v) is 5.83. The minimum absolute atomic E-state index is 0.238. The number of nitrogens with zero attached hydrogens (tertiary/aromatic N) is 1. The third-order valence-electron chi connectivity index (χ3n) is 2.99. The van der Waals surface area contributed by atoms with Gasteiger partial charge in [-0.15, -0.1) is 0 Å². The van der Waals surface area contributed by atoms with E-state index in [1.807, 2.05) is 0 Å². The fourth-order valence-electron chi connectivity index (χ4n) is 1.89. The van der Waals surface area contributed by atoms with Crippen LogP contribution in [0.5, 0.6) is 0 Å². The summed E-state index contributed by atoms with van der Waals surface area (Å²) >= 11 is 8.84. The Morgan fingerprint density at radius 1 is 1.00 bits per heavy atom. The molecule has 1 amide bonds. The van der Waals surface area contributed by atoms with Gasteiger partial charge in [-0.25, -0.2) is 4.79 Å². The van der Waals surface area contributed by atoms with Gasteiger partial charge in [0, 0.05) is 0 Å². The van der Waals surface area contributed by atoms with Crippen molar-refractivity contribution in [1.82, 2.24) is 4.90 Å². The minimum Gasteiger partial charge on any atom is -0.465 e. The van der Waals surface area contributed by atoms with Crippen molar-refractivity contribution in [2.75, 3.05) is 0 Å². The topological polar surface area (TPSA) is 40.5 Å². The molecule has 0 heterocycles. The monoisotopic (exact) mass is 293 g/mol. The van der Waals surface area contributed by atoms with Gasteiger partial charge in [0.15, 0.2) is 0 Å². The average Bonchev–Trinajstić information content (AvgIpc) is 2.29. The Morgan fingerprint density at radius 3 is 1.67 bits per heavy atom. The van der Waals surface area contributed by atoms with Gasteiger partial charge in [-0.3, -0.25) is 4.90 Å². The van der Waals surface area contributed by atoms with Crippen molar-refractivity contribution in [2.45, 2.75) is 76.0 Å². The van der Waals surface area contributed by atoms with E-state index in [0.717, 1.165) is 51.4 Å². The second kappa shape index (κ2) is 10.9. The molecule has 0 fully saturated rings. The number of carbonyl (C=O) groups is 1. The van der Waals surface area contributed by atoms with Crippen molar-refractivity contribution in [3.63, 3.8) is 0 Å². The average molecular weight is 293 g/mol. The lowest BCUT2D eigenvalue weighted by Crippen LogP contribution is -2.41. The van der Waals surface area contributed by atoms with E-state index in [4.69, 9.17) is 0 Å². The number of hydrogen-bond donors (Lipinski definition) is 3. The van der Waals surface area contributed by atoms with Crippen LogP contribution in [0, 0.1) is 0 Å². The van der Waals surface area contributed by atoms with E-state index in [1.54, 1.807) is 0 Å². The maximum absolute atomic E-state index is 11.3. The summed E-state index contributed by atoms with van der Waals surface area (Å²) in [5.74, 6) is 0. The molecule has 0 rings (SSSR count). The van der Waals surface area contributed by atoms with Gasteiger partial charge in [-0.2, -0.15) is 25.3 Å². The standard InChI is InChI=1S/C13H27NO2S2/c1-3-5-7-9-11(17)14(13(15)16)12(18)10-8-6-4-2/h11-12,17-18H,3-10H2,1-2H3,(H,15,16). The molecule has 0 aromatic rings. The zero-order valence-corrected chi connectivity index (χ0v) is 13.3. The number of hydrogen-bond acceptors (Lipinski definition) is 3. The molecule has 2 atom stereocenters. The summed E-state index contributed by atoms with van der Waals surface area (Å²) in [5.41, 5.74) is 0. The van der Waals surface area contributed by atoms with Crippen molar-refractivity contribution >= 4 is 31.4 Å². The lowest BCUT2D eigenvalue weighted by atomic mass is 10.1. The zero-order valence-electron chi connectivity index (χ0n) is 11.5. The molecule has 0 aromatic carbocycles. The van der Waals surface area contributed by atoms with Crippen molar-refractivity contribution in [2.24, 2.45) is 0 Å². The Bertz CT molecular complexity index is 211. The third kappa shape index (κ3) is 7.41. The van der Waals surface area contributed by atoms with Crippen LogP contribution in [0.25, 0.3) is 0 Å². The molecule has 0 saturated carbocycles. The molecule has 1 N–H and O–H groups in total. The molecule has 0 aromatic heterocycles. The fraction of sp³-hybridized carbons (Fsp3) is 0.923. The molecule has 5 heteroatoms. The van der Waals surface area contributed by atoms with Crippen LogP contribution in [-0.4, -0.2) is 26.8 Å². The summed E-state index contributed by atoms with van der Waals surface area (Å²) in [7, 11) is 0. The number of thiol groups is 2. The highest BCUT2D eigenvalue weighted by atomic mass is 32.1. The predicted octanol–water partition coefficient (Wildman–Crippen LogP) is 4.64. The zero-order chi connectivity index (χ0) is 14.0. The maximum Gasteiger partial charge on any atom is 0.409 e. The fourth-order valence-corrected chi connectivity index (χ4v) is 2.88. The van der Waals surface area contributed by atoms with Crippen LogP contribution in [0.2, 0.25) is 0 Å². The van der Waals surface area contributed by atoms with E-state index in [1.165, 1.54) is 4.90 Å². The molecule has 0 bridgehead atoms. The predicted molar refractivity (Wildman–Crippen MR) is 83.7 cm³/mol. The van der Waals surface area contributed by atoms with E-state index in [9.17, 15) is 9.90 Å². The van der Waals surface area contributed by atoms with E-state index in [2.05, 4.69) is 39.1 Å². The Hall–Kier alpha value is -0.0300. The smallest absolute Gasteiger partial charge is 0.409 e. The van der Waals surface area contributed by atoms with Crippen molar-refractivity contribution in [3.05, 3.63) is 0 Å². The van der Waals surface area contributed by atoms with Crippen LogP contribution in [0.1, 0.15) is 65.2 Å². The largest absolute Gasteiger partial charge is 0.465 e. The highest BCUT2D eigenvalue weighted by Gasteiger charge is 2.25. The summed E-state index contributed by atoms with van der Waals surface area (Å²) in [6.07, 6.45) is 7.23. The molecule has 0 spiro atoms. The molecule has 0 aliphatic carbocycles. The van der Waals surface area contributed by atoms with Crippen LogP contribution < -0.4 is 0 Å². The number of rotatable bonds is 10. The van der Waals surface area contributed by atoms with Gasteiger partial charge in [0.1, 0.15) is 0 Å². The normalized spacial score (nSPS) is 14.2. The SMILES string of the molecule is CCCCCC(S)N(C(=O)O)C(S)CCCCC. The molecular weight excluding hydrogens is 266 g/mol. The van der Waals surface area contributed by atoms with Crippen molar-refractivity contribution in [3.8, 4) is 0 Å². The lowest BCUT2D eigenvalue weighted by Gasteiger charge is -2.31. The van der Waals surface area contributed by atoms with E-state index in [-0.39, 0.29) is 10.7 Å². The first kappa shape index (κ1) is 18.0. The van der Waals surface area contributed by atoms with Crippen molar-refractivity contribution < 1.29 is 9.90 Å². The Kier molecular flexibility index (Phi) is 10.8. The first-order chi connectivity index (χ1) is 8.54. The van der Waals surface area contributed by atoms with Crippen molar-refractivity contribution in [1.29, 1.82) is 0 Å². The molecule has 108 valence electrons. The maximum atomic E-state index is 11.3. The van der Waals surface area contributed by atoms with E-state index < -0.39 is 6.09 Å². The quantitative estimate of drug-likeness (QED) is 0.312. The lowest BCUT2D eigenvalue weighted by molar-refractivity contribution is 0.132. The van der Waals surface area contributed by atoms with E-state index in [0.29, 0.717) is 0 Å². The number of amides is 1. The van der Waals surface area contributed by atoms with Gasteiger partial charge >= 0.3 is 6.09 Å². The summed E-state index contributed by atoms with van der Waals surface area (Å²) in [6, 6.07) is 0. The third-order valence-corrected chi connectivity index (χ3v) is 4.01. The highest BCUT2D eigenvalue weighted by molar-refractivity contribution is 7.81. The first-order valence-electron chi connectivity index (χ1n) is 6.91. The van der Waals surface area contributed by atoms with Crippen LogP contribution in [0.3, 0.4) is 0 Å². The van der Waals surface area contributed by atoms with Crippen LogP contribution in [0.15, 0.2) is 0 Å². The highest BCUT2D eigenvalue weighted by Crippen LogP contribution is 2.22.